The fraction of sp³-hybridized carbons (Fsp3) is 0.143. The molecule has 0 N–H and O–H groups in total. The molecule has 0 aliphatic heterocycles. The molecule has 0 saturated carbocycles. The van der Waals surface area contributed by atoms with E-state index < -0.39 is 59.1 Å². The molecule has 0 radical (unpaired) electrons. The molecule has 45 heavy (non-hydrogen) atoms. The van der Waals surface area contributed by atoms with Crippen LogP contribution in [0.3, 0.4) is 0 Å². The number of methoxy groups -OCH3 is 2. The van der Waals surface area contributed by atoms with Crippen molar-refractivity contribution >= 4 is 42.0 Å². The smallest absolute Gasteiger partial charge is 0.497 e. The fourth-order valence-corrected chi connectivity index (χ4v) is 14.2. The summed E-state index contributed by atoms with van der Waals surface area (Å²) in [7, 11) is -16.8. The standard InChI is InChI=1S/C28H23F6NO6S4/c1-40-20-8-14-24(15-9-20)43(25-16-10-21(41-2)11-17-25,26-18-12-23(13-19-26)42-22-6-4-3-5-7-22)35(44(36,37)27(29,30)31)45(38,39)28(32,33)34/h3-19H,1-2H3. The number of hydrogen-bond donors (Lipinski definition) is 0. The SMILES string of the molecule is COc1ccc(S(c2ccc(OC)cc2)(c2ccc(Sc3ccccc3)cc2)N(S(=O)(=O)C(F)(F)F)S(=O)(=O)C(F)(F)F)cc1. The molecule has 0 aromatic heterocycles. The summed E-state index contributed by atoms with van der Waals surface area (Å²) in [6, 6.07) is 22.5. The largest absolute Gasteiger partial charge is 0.513 e. The highest BCUT2D eigenvalue weighted by molar-refractivity contribution is 8.41. The maximum absolute atomic E-state index is 14.3. The average Bonchev–Trinajstić information content (AvgIpc) is 2.99. The molecule has 0 bridgehead atoms. The summed E-state index contributed by atoms with van der Waals surface area (Å²) in [4.78, 5) is -0.215. The summed E-state index contributed by atoms with van der Waals surface area (Å²) >= 11 is 1.20. The van der Waals surface area contributed by atoms with Gasteiger partial charge in [0.25, 0.3) is 0 Å². The van der Waals surface area contributed by atoms with Crippen LogP contribution in [-0.2, 0) is 20.0 Å². The fourth-order valence-electron chi connectivity index (χ4n) is 4.13. The van der Waals surface area contributed by atoms with Gasteiger partial charge in [-0.05, 0) is 88.0 Å². The summed E-state index contributed by atoms with van der Waals surface area (Å²) in [6.45, 7) is 0. The molecule has 0 unspecified atom stereocenters. The normalized spacial score (nSPS) is 13.4. The van der Waals surface area contributed by atoms with Crippen molar-refractivity contribution < 1.29 is 52.7 Å². The van der Waals surface area contributed by atoms with Crippen molar-refractivity contribution in [2.45, 2.75) is 35.5 Å². The molecule has 0 amide bonds. The number of halogens is 6. The Hall–Kier alpha value is -3.38. The molecule has 4 rings (SSSR count). The van der Waals surface area contributed by atoms with E-state index in [9.17, 15) is 43.2 Å². The zero-order valence-electron chi connectivity index (χ0n) is 23.1. The number of alkyl halides is 6. The van der Waals surface area contributed by atoms with Crippen molar-refractivity contribution in [1.29, 1.82) is 0 Å². The van der Waals surface area contributed by atoms with Crippen molar-refractivity contribution in [3.05, 3.63) is 103 Å². The van der Waals surface area contributed by atoms with Crippen LogP contribution >= 0.6 is 22.0 Å². The van der Waals surface area contributed by atoms with Gasteiger partial charge in [-0.1, -0.05) is 40.2 Å². The molecule has 242 valence electrons. The highest BCUT2D eigenvalue weighted by Gasteiger charge is 2.67. The van der Waals surface area contributed by atoms with Gasteiger partial charge >= 0.3 is 31.1 Å². The Kier molecular flexibility index (Phi) is 9.80. The number of benzene rings is 4. The average molecular weight is 712 g/mol. The van der Waals surface area contributed by atoms with E-state index in [1.54, 1.807) is 30.3 Å². The molecule has 0 saturated heterocycles. The van der Waals surface area contributed by atoms with Gasteiger partial charge in [0, 0.05) is 24.5 Å². The number of ether oxygens (including phenoxy) is 2. The number of hydrogen-bond acceptors (Lipinski definition) is 7. The molecule has 0 aliphatic rings. The lowest BCUT2D eigenvalue weighted by atomic mass is 10.3. The molecular weight excluding hydrogens is 689 g/mol. The topological polar surface area (TPSA) is 90.0 Å². The van der Waals surface area contributed by atoms with Crippen LogP contribution in [0.4, 0.5) is 26.3 Å². The van der Waals surface area contributed by atoms with Gasteiger partial charge in [0.05, 0.1) is 14.2 Å². The first-order valence-electron chi connectivity index (χ1n) is 12.4. The van der Waals surface area contributed by atoms with E-state index in [1.807, 2.05) is 0 Å². The van der Waals surface area contributed by atoms with E-state index in [4.69, 9.17) is 9.47 Å². The van der Waals surface area contributed by atoms with Gasteiger partial charge in [-0.3, -0.25) is 0 Å². The first kappa shape index (κ1) is 34.5. The molecule has 0 aliphatic carbocycles. The van der Waals surface area contributed by atoms with Crippen LogP contribution in [0.2, 0.25) is 0 Å². The van der Waals surface area contributed by atoms with E-state index in [2.05, 4.69) is 0 Å². The van der Waals surface area contributed by atoms with Crippen molar-refractivity contribution in [2.24, 2.45) is 0 Å². The Morgan fingerprint density at radius 1 is 0.533 bits per heavy atom. The number of sulfonamides is 2. The van der Waals surface area contributed by atoms with Crippen molar-refractivity contribution in [1.82, 2.24) is 3.12 Å². The second-order valence-corrected chi connectivity index (χ2v) is 17.2. The van der Waals surface area contributed by atoms with Crippen LogP contribution < -0.4 is 9.47 Å². The zero-order chi connectivity index (χ0) is 33.3. The molecule has 17 heteroatoms. The summed E-state index contributed by atoms with van der Waals surface area (Å²) in [5, 5.41) is 0. The molecule has 0 heterocycles. The monoisotopic (exact) mass is 711 g/mol. The Labute approximate surface area is 261 Å². The first-order valence-corrected chi connectivity index (χ1v) is 17.7. The molecule has 4 aromatic rings. The Bertz CT molecular complexity index is 1740. The van der Waals surface area contributed by atoms with E-state index in [0.29, 0.717) is 4.90 Å². The van der Waals surface area contributed by atoms with Crippen LogP contribution in [0.15, 0.2) is 128 Å². The Morgan fingerprint density at radius 2 is 0.867 bits per heavy atom. The van der Waals surface area contributed by atoms with Gasteiger partial charge in [-0.15, -0.1) is 0 Å². The minimum Gasteiger partial charge on any atom is -0.497 e. The maximum atomic E-state index is 14.3. The highest BCUT2D eigenvalue weighted by Crippen LogP contribution is 2.74. The molecule has 0 spiro atoms. The van der Waals surface area contributed by atoms with Gasteiger partial charge < -0.3 is 9.47 Å². The van der Waals surface area contributed by atoms with Crippen LogP contribution in [0.1, 0.15) is 0 Å². The summed E-state index contributed by atoms with van der Waals surface area (Å²) < 4.78 is 148. The summed E-state index contributed by atoms with van der Waals surface area (Å²) in [6.07, 6.45) is 0. The second kappa shape index (κ2) is 12.8. The van der Waals surface area contributed by atoms with Gasteiger partial charge in [-0.25, -0.2) is 16.8 Å². The quantitative estimate of drug-likeness (QED) is 0.154. The van der Waals surface area contributed by atoms with E-state index in [0.717, 1.165) is 41.3 Å². The predicted octanol–water partition coefficient (Wildman–Crippen LogP) is 8.05. The third-order valence-corrected chi connectivity index (χ3v) is 16.1. The first-order chi connectivity index (χ1) is 21.0. The third kappa shape index (κ3) is 6.49. The second-order valence-electron chi connectivity index (χ2n) is 8.88. The third-order valence-electron chi connectivity index (χ3n) is 6.15. The van der Waals surface area contributed by atoms with Crippen molar-refractivity contribution in [3.63, 3.8) is 0 Å². The lowest BCUT2D eigenvalue weighted by molar-refractivity contribution is -0.0505. The summed E-state index contributed by atoms with van der Waals surface area (Å²) in [5.74, 6) is 0.223. The van der Waals surface area contributed by atoms with Gasteiger partial charge in [-0.2, -0.15) is 26.3 Å². The molecule has 4 aromatic carbocycles. The van der Waals surface area contributed by atoms with E-state index >= 15 is 0 Å². The molecule has 0 fully saturated rings. The zero-order valence-corrected chi connectivity index (χ0v) is 26.4. The molecule has 0 atom stereocenters. The van der Waals surface area contributed by atoms with Gasteiger partial charge in [0.15, 0.2) is 0 Å². The van der Waals surface area contributed by atoms with Crippen molar-refractivity contribution in [2.75, 3.05) is 14.2 Å². The van der Waals surface area contributed by atoms with E-state index in [-0.39, 0.29) is 11.5 Å². The van der Waals surface area contributed by atoms with Crippen LogP contribution in [-0.4, -0.2) is 45.2 Å². The van der Waals surface area contributed by atoms with Crippen LogP contribution in [0.5, 0.6) is 11.5 Å². The minimum atomic E-state index is -7.28. The molecular formula is C28H23F6NO6S4. The van der Waals surface area contributed by atoms with Gasteiger partial charge in [0.1, 0.15) is 11.5 Å². The van der Waals surface area contributed by atoms with E-state index in [1.165, 1.54) is 62.4 Å². The molecule has 7 nitrogen and oxygen atoms in total. The lowest BCUT2D eigenvalue weighted by Crippen LogP contribution is -2.50. The Balaban J connectivity index is 2.19. The predicted molar refractivity (Wildman–Crippen MR) is 157 cm³/mol. The number of nitrogens with zero attached hydrogens (tertiary/aromatic N) is 1. The highest BCUT2D eigenvalue weighted by atomic mass is 32.4. The summed E-state index contributed by atoms with van der Waals surface area (Å²) in [5.41, 5.74) is -12.9. The van der Waals surface area contributed by atoms with Crippen molar-refractivity contribution in [3.8, 4) is 11.5 Å². The Morgan fingerprint density at radius 3 is 1.20 bits per heavy atom. The maximum Gasteiger partial charge on any atom is 0.513 e. The minimum absolute atomic E-state index is 0.111. The van der Waals surface area contributed by atoms with Crippen LogP contribution in [0, 0.1) is 0 Å². The number of rotatable bonds is 10. The lowest BCUT2D eigenvalue weighted by Gasteiger charge is -2.47. The van der Waals surface area contributed by atoms with Crippen LogP contribution in [0.25, 0.3) is 0 Å². The van der Waals surface area contributed by atoms with Gasteiger partial charge in [0.2, 0.25) is 0 Å².